The quantitative estimate of drug-likeness (QED) is 0.482. The number of hydrogen-bond acceptors (Lipinski definition) is 4. The van der Waals surface area contributed by atoms with E-state index in [0.29, 0.717) is 16.3 Å². The average molecular weight is 383 g/mol. The van der Waals surface area contributed by atoms with Crippen molar-refractivity contribution in [3.63, 3.8) is 0 Å². The molecule has 1 amide bonds. The molecule has 2 N–H and O–H groups in total. The fraction of sp³-hybridized carbons (Fsp3) is 0.143. The van der Waals surface area contributed by atoms with Crippen LogP contribution in [0.2, 0.25) is 5.02 Å². The van der Waals surface area contributed by atoms with Gasteiger partial charge in [-0.15, -0.1) is 0 Å². The molecule has 27 heavy (non-hydrogen) atoms. The molecule has 0 radical (unpaired) electrons. The molecule has 0 unspecified atom stereocenters. The highest BCUT2D eigenvalue weighted by Gasteiger charge is 2.24. The zero-order valence-electron chi connectivity index (χ0n) is 15.0. The topological polar surface area (TPSA) is 71.3 Å². The molecule has 1 aromatic heterocycles. The molecule has 1 atom stereocenters. The second-order valence-electron chi connectivity index (χ2n) is 6.22. The maximum Gasteiger partial charge on any atom is 0.288 e. The highest BCUT2D eigenvalue weighted by molar-refractivity contribution is 6.31. The van der Waals surface area contributed by atoms with Crippen molar-refractivity contribution in [2.75, 3.05) is 5.32 Å². The number of anilines is 1. The Morgan fingerprint density at radius 3 is 2.41 bits per heavy atom. The first-order valence-electron chi connectivity index (χ1n) is 8.42. The zero-order valence-corrected chi connectivity index (χ0v) is 15.7. The van der Waals surface area contributed by atoms with Crippen LogP contribution in [0, 0.1) is 13.8 Å². The van der Waals surface area contributed by atoms with E-state index < -0.39 is 12.1 Å². The van der Waals surface area contributed by atoms with Crippen LogP contribution in [-0.2, 0) is 0 Å². The summed E-state index contributed by atoms with van der Waals surface area (Å²) in [6.07, 6.45) is 0.419. The van der Waals surface area contributed by atoms with Crippen molar-refractivity contribution >= 4 is 29.0 Å². The van der Waals surface area contributed by atoms with Crippen LogP contribution in [0.4, 0.5) is 5.69 Å². The van der Waals surface area contributed by atoms with E-state index in [0.717, 1.165) is 11.1 Å². The van der Waals surface area contributed by atoms with Gasteiger partial charge in [-0.1, -0.05) is 47.5 Å². The lowest BCUT2D eigenvalue weighted by Crippen LogP contribution is -2.46. The first kappa shape index (κ1) is 18.7. The van der Waals surface area contributed by atoms with Crippen molar-refractivity contribution in [1.29, 1.82) is 0 Å². The number of halogens is 1. The maximum atomic E-state index is 13.0. The predicted octanol–water partition coefficient (Wildman–Crippen LogP) is 4.60. The highest BCUT2D eigenvalue weighted by Crippen LogP contribution is 2.21. The largest absolute Gasteiger partial charge is 0.459 e. The second-order valence-corrected chi connectivity index (χ2v) is 6.63. The molecule has 3 aromatic rings. The van der Waals surface area contributed by atoms with Crippen LogP contribution in [0.1, 0.15) is 32.0 Å². The number of nitrogens with one attached hydrogen (secondary N) is 2. The molecule has 6 heteroatoms. The third kappa shape index (κ3) is 4.57. The van der Waals surface area contributed by atoms with Crippen molar-refractivity contribution in [3.05, 3.63) is 88.3 Å². The molecule has 0 fully saturated rings. The molecule has 0 spiro atoms. The van der Waals surface area contributed by atoms with Crippen LogP contribution in [0.15, 0.2) is 65.3 Å². The number of furan rings is 1. The lowest BCUT2D eigenvalue weighted by atomic mass is 10.1. The summed E-state index contributed by atoms with van der Waals surface area (Å²) in [5.74, 6) is -0.636. The van der Waals surface area contributed by atoms with Crippen LogP contribution in [-0.4, -0.2) is 17.9 Å². The average Bonchev–Trinajstić information content (AvgIpc) is 3.19. The summed E-state index contributed by atoms with van der Waals surface area (Å²) >= 11 is 6.17. The number of amides is 1. The van der Waals surface area contributed by atoms with E-state index in [9.17, 15) is 9.59 Å². The molecule has 0 aliphatic carbocycles. The first-order valence-corrected chi connectivity index (χ1v) is 8.80. The molecule has 3 rings (SSSR count). The third-order valence-corrected chi connectivity index (χ3v) is 4.51. The van der Waals surface area contributed by atoms with E-state index in [1.807, 2.05) is 32.0 Å². The van der Waals surface area contributed by atoms with Gasteiger partial charge in [-0.2, -0.15) is 0 Å². The van der Waals surface area contributed by atoms with Crippen LogP contribution < -0.4 is 10.6 Å². The Morgan fingerprint density at radius 2 is 1.78 bits per heavy atom. The van der Waals surface area contributed by atoms with Crippen LogP contribution >= 0.6 is 11.6 Å². The summed E-state index contributed by atoms with van der Waals surface area (Å²) in [6.45, 7) is 3.83. The SMILES string of the molecule is Cc1ccc(C(=O)[C@H](NC(=O)c2ccco2)Nc2ccc(C)c(Cl)c2)cc1. The van der Waals surface area contributed by atoms with Gasteiger partial charge in [0.25, 0.3) is 5.91 Å². The van der Waals surface area contributed by atoms with Gasteiger partial charge in [0.05, 0.1) is 6.26 Å². The Hall–Kier alpha value is -3.05. The second kappa shape index (κ2) is 8.10. The van der Waals surface area contributed by atoms with Gasteiger partial charge in [0.2, 0.25) is 5.78 Å². The number of ketones is 1. The lowest BCUT2D eigenvalue weighted by Gasteiger charge is -2.20. The lowest BCUT2D eigenvalue weighted by molar-refractivity contribution is 0.0853. The molecule has 138 valence electrons. The van der Waals surface area contributed by atoms with E-state index in [4.69, 9.17) is 16.0 Å². The molecule has 2 aromatic carbocycles. The van der Waals surface area contributed by atoms with Gasteiger partial charge in [-0.3, -0.25) is 9.59 Å². The molecule has 0 aliphatic rings. The van der Waals surface area contributed by atoms with Gasteiger partial charge in [-0.05, 0) is 43.7 Å². The number of hydrogen-bond donors (Lipinski definition) is 2. The fourth-order valence-electron chi connectivity index (χ4n) is 2.51. The number of aryl methyl sites for hydroxylation is 2. The third-order valence-electron chi connectivity index (χ3n) is 4.10. The predicted molar refractivity (Wildman–Crippen MR) is 105 cm³/mol. The summed E-state index contributed by atoms with van der Waals surface area (Å²) in [5.41, 5.74) is 3.07. The first-order chi connectivity index (χ1) is 12.9. The molecule has 0 saturated heterocycles. The van der Waals surface area contributed by atoms with Gasteiger partial charge >= 0.3 is 0 Å². The summed E-state index contributed by atoms with van der Waals surface area (Å²) in [6, 6.07) is 15.7. The number of rotatable bonds is 6. The fourth-order valence-corrected chi connectivity index (χ4v) is 2.69. The molecule has 0 bridgehead atoms. The standard InChI is InChI=1S/C21H19ClN2O3/c1-13-5-8-15(9-6-13)19(25)20(24-21(26)18-4-3-11-27-18)23-16-10-7-14(2)17(22)12-16/h3-12,20,23H,1-2H3,(H,24,26)/t20-/m0/s1. The van der Waals surface area contributed by atoms with E-state index in [1.54, 1.807) is 30.3 Å². The molecular weight excluding hydrogens is 364 g/mol. The maximum absolute atomic E-state index is 13.0. The highest BCUT2D eigenvalue weighted by atomic mass is 35.5. The minimum atomic E-state index is -0.982. The van der Waals surface area contributed by atoms with Gasteiger partial charge in [0.1, 0.15) is 0 Å². The van der Waals surface area contributed by atoms with Crippen molar-refractivity contribution in [2.24, 2.45) is 0 Å². The minimum absolute atomic E-state index is 0.125. The Kier molecular flexibility index (Phi) is 5.62. The van der Waals surface area contributed by atoms with Gasteiger partial charge in [0.15, 0.2) is 11.9 Å². The van der Waals surface area contributed by atoms with E-state index in [-0.39, 0.29) is 11.5 Å². The van der Waals surface area contributed by atoms with Gasteiger partial charge in [-0.25, -0.2) is 0 Å². The van der Waals surface area contributed by atoms with Gasteiger partial charge in [0, 0.05) is 16.3 Å². The van der Waals surface area contributed by atoms with Crippen molar-refractivity contribution in [1.82, 2.24) is 5.32 Å². The number of carbonyl (C=O) groups is 2. The van der Waals surface area contributed by atoms with Crippen molar-refractivity contribution in [3.8, 4) is 0 Å². The number of Topliss-reactive ketones (excluding diaryl/α,β-unsaturated/α-hetero) is 1. The van der Waals surface area contributed by atoms with Crippen LogP contribution in [0.3, 0.4) is 0 Å². The van der Waals surface area contributed by atoms with E-state index in [1.165, 1.54) is 12.3 Å². The molecule has 5 nitrogen and oxygen atoms in total. The normalized spacial score (nSPS) is 11.7. The van der Waals surface area contributed by atoms with E-state index in [2.05, 4.69) is 10.6 Å². The van der Waals surface area contributed by atoms with Crippen molar-refractivity contribution in [2.45, 2.75) is 20.0 Å². The summed E-state index contributed by atoms with van der Waals surface area (Å²) in [7, 11) is 0. The molecule has 0 saturated carbocycles. The van der Waals surface area contributed by atoms with Crippen LogP contribution in [0.25, 0.3) is 0 Å². The number of carbonyl (C=O) groups excluding carboxylic acids is 2. The minimum Gasteiger partial charge on any atom is -0.459 e. The molecule has 1 heterocycles. The Labute approximate surface area is 162 Å². The smallest absolute Gasteiger partial charge is 0.288 e. The Morgan fingerprint density at radius 1 is 1.04 bits per heavy atom. The van der Waals surface area contributed by atoms with Gasteiger partial charge < -0.3 is 15.1 Å². The summed E-state index contributed by atoms with van der Waals surface area (Å²) < 4.78 is 5.11. The Bertz CT molecular complexity index is 950. The van der Waals surface area contributed by atoms with Crippen molar-refractivity contribution < 1.29 is 14.0 Å². The van der Waals surface area contributed by atoms with Crippen LogP contribution in [0.5, 0.6) is 0 Å². The summed E-state index contributed by atoms with van der Waals surface area (Å²) in [5, 5.41) is 6.29. The molecular formula is C21H19ClN2O3. The number of benzene rings is 2. The summed E-state index contributed by atoms with van der Waals surface area (Å²) in [4.78, 5) is 25.4. The zero-order chi connectivity index (χ0) is 19.4. The monoisotopic (exact) mass is 382 g/mol. The molecule has 0 aliphatic heterocycles. The van der Waals surface area contributed by atoms with E-state index >= 15 is 0 Å². The Balaban J connectivity index is 1.87.